The van der Waals surface area contributed by atoms with E-state index >= 15 is 0 Å². The summed E-state index contributed by atoms with van der Waals surface area (Å²) >= 11 is 0. The highest BCUT2D eigenvalue weighted by Gasteiger charge is 2.36. The molecule has 2 nitrogen and oxygen atoms in total. The van der Waals surface area contributed by atoms with Gasteiger partial charge in [-0.25, -0.2) is 4.98 Å². The maximum Gasteiger partial charge on any atom is 0.212 e. The van der Waals surface area contributed by atoms with E-state index in [9.17, 15) is 0 Å². The molecule has 0 amide bonds. The summed E-state index contributed by atoms with van der Waals surface area (Å²) < 4.78 is 2.32. The molecule has 41 heavy (non-hydrogen) atoms. The van der Waals surface area contributed by atoms with E-state index in [1.807, 2.05) is 12.5 Å². The second-order valence-corrected chi connectivity index (χ2v) is 13.2. The fourth-order valence-corrected chi connectivity index (χ4v) is 8.50. The van der Waals surface area contributed by atoms with Crippen molar-refractivity contribution >= 4 is 27.2 Å². The van der Waals surface area contributed by atoms with Crippen LogP contribution < -0.4 is 10.9 Å². The summed E-state index contributed by atoms with van der Waals surface area (Å²) in [6.07, 6.45) is 12.3. The number of rotatable bonds is 10. The van der Waals surface area contributed by atoms with E-state index in [2.05, 4.69) is 157 Å². The maximum absolute atomic E-state index is 4.37. The SMILES string of the molecule is CCC(C)=CC[SiH2]C(c1ccccc1)(c1ccccc1)n1ccnc1.c1ccc(B(c2ccccc2)C2CC2)cc1. The molecule has 1 aliphatic carbocycles. The van der Waals surface area contributed by atoms with Crippen LogP contribution in [0, 0.1) is 0 Å². The van der Waals surface area contributed by atoms with Crippen molar-refractivity contribution in [3.05, 3.63) is 163 Å². The normalized spacial score (nSPS) is 13.6. The van der Waals surface area contributed by atoms with Gasteiger partial charge in [0, 0.05) is 12.4 Å². The molecule has 4 heteroatoms. The van der Waals surface area contributed by atoms with Crippen molar-refractivity contribution in [1.29, 1.82) is 0 Å². The largest absolute Gasteiger partial charge is 0.327 e. The summed E-state index contributed by atoms with van der Waals surface area (Å²) in [7, 11) is -0.553. The predicted molar refractivity (Wildman–Crippen MR) is 180 cm³/mol. The first-order valence-corrected chi connectivity index (χ1v) is 16.8. The van der Waals surface area contributed by atoms with Crippen LogP contribution in [0.3, 0.4) is 0 Å². The summed E-state index contributed by atoms with van der Waals surface area (Å²) in [5.41, 5.74) is 7.13. The van der Waals surface area contributed by atoms with E-state index in [4.69, 9.17) is 0 Å². The Hall–Kier alpha value is -3.89. The van der Waals surface area contributed by atoms with Gasteiger partial charge in [-0.05, 0) is 30.5 Å². The lowest BCUT2D eigenvalue weighted by Gasteiger charge is -2.36. The minimum absolute atomic E-state index is 0.108. The summed E-state index contributed by atoms with van der Waals surface area (Å²) in [4.78, 5) is 4.37. The van der Waals surface area contributed by atoms with E-state index in [1.165, 1.54) is 46.5 Å². The van der Waals surface area contributed by atoms with Gasteiger partial charge in [-0.15, -0.1) is 0 Å². The number of nitrogens with zero attached hydrogens (tertiary/aromatic N) is 2. The van der Waals surface area contributed by atoms with Gasteiger partial charge >= 0.3 is 0 Å². The smallest absolute Gasteiger partial charge is 0.212 e. The molecule has 1 aliphatic rings. The highest BCUT2D eigenvalue weighted by molar-refractivity contribution is 6.86. The van der Waals surface area contributed by atoms with Gasteiger partial charge in [0.1, 0.15) is 0 Å². The van der Waals surface area contributed by atoms with Gasteiger partial charge in [0.05, 0.1) is 21.0 Å². The molecule has 0 aliphatic heterocycles. The summed E-state index contributed by atoms with van der Waals surface area (Å²) in [5, 5.41) is -0.108. The fraction of sp³-hybridized carbons (Fsp3) is 0.216. The molecule has 1 aromatic heterocycles. The molecule has 0 spiro atoms. The minimum Gasteiger partial charge on any atom is -0.327 e. The number of allylic oxidation sites excluding steroid dienone is 2. The van der Waals surface area contributed by atoms with Gasteiger partial charge in [0.15, 0.2) is 0 Å². The number of hydrogen-bond donors (Lipinski definition) is 0. The predicted octanol–water partition coefficient (Wildman–Crippen LogP) is 7.04. The Labute approximate surface area is 249 Å². The van der Waals surface area contributed by atoms with Crippen molar-refractivity contribution in [3.63, 3.8) is 0 Å². The van der Waals surface area contributed by atoms with Gasteiger partial charge in [-0.2, -0.15) is 0 Å². The average Bonchev–Trinajstić information content (AvgIpc) is 3.72. The Balaban J connectivity index is 0.000000181. The molecule has 206 valence electrons. The third-order valence-electron chi connectivity index (χ3n) is 8.42. The first-order valence-electron chi connectivity index (χ1n) is 15.1. The van der Waals surface area contributed by atoms with E-state index < -0.39 is 9.52 Å². The first-order chi connectivity index (χ1) is 20.2. The van der Waals surface area contributed by atoms with E-state index in [-0.39, 0.29) is 5.16 Å². The van der Waals surface area contributed by atoms with Crippen LogP contribution in [-0.4, -0.2) is 25.8 Å². The van der Waals surface area contributed by atoms with Crippen LogP contribution in [-0.2, 0) is 5.16 Å². The van der Waals surface area contributed by atoms with Gasteiger partial charge < -0.3 is 4.57 Å². The van der Waals surface area contributed by atoms with Crippen LogP contribution in [0.15, 0.2) is 152 Å². The molecule has 0 atom stereocenters. The van der Waals surface area contributed by atoms with Gasteiger partial charge in [0.2, 0.25) is 6.71 Å². The molecule has 0 radical (unpaired) electrons. The van der Waals surface area contributed by atoms with Crippen molar-refractivity contribution in [2.75, 3.05) is 0 Å². The quantitative estimate of drug-likeness (QED) is 0.134. The molecule has 1 heterocycles. The molecule has 4 aromatic carbocycles. The summed E-state index contributed by atoms with van der Waals surface area (Å²) in [5.74, 6) is 0.866. The Morgan fingerprint density at radius 3 is 1.71 bits per heavy atom. The highest BCUT2D eigenvalue weighted by atomic mass is 28.2. The first kappa shape index (κ1) is 28.6. The van der Waals surface area contributed by atoms with E-state index in [1.54, 1.807) is 0 Å². The van der Waals surface area contributed by atoms with Gasteiger partial charge in [0.25, 0.3) is 0 Å². The van der Waals surface area contributed by atoms with Crippen LogP contribution in [0.2, 0.25) is 11.9 Å². The van der Waals surface area contributed by atoms with Crippen molar-refractivity contribution < 1.29 is 0 Å². The maximum atomic E-state index is 4.37. The highest BCUT2D eigenvalue weighted by Crippen LogP contribution is 2.38. The van der Waals surface area contributed by atoms with E-state index in [0.29, 0.717) is 6.71 Å². The van der Waals surface area contributed by atoms with Crippen LogP contribution >= 0.6 is 0 Å². The number of hydrogen-bond acceptors (Lipinski definition) is 1. The second-order valence-electron chi connectivity index (χ2n) is 11.1. The van der Waals surface area contributed by atoms with Crippen molar-refractivity contribution in [3.8, 4) is 0 Å². The Morgan fingerprint density at radius 2 is 1.29 bits per heavy atom. The van der Waals surface area contributed by atoms with Crippen LogP contribution in [0.5, 0.6) is 0 Å². The van der Waals surface area contributed by atoms with Crippen LogP contribution in [0.4, 0.5) is 0 Å². The van der Waals surface area contributed by atoms with Gasteiger partial charge in [-0.3, -0.25) is 0 Å². The zero-order valence-electron chi connectivity index (χ0n) is 24.4. The molecule has 0 unspecified atom stereocenters. The summed E-state index contributed by atoms with van der Waals surface area (Å²) in [6, 6.07) is 44.8. The van der Waals surface area contributed by atoms with Crippen molar-refractivity contribution in [2.24, 2.45) is 0 Å². The third kappa shape index (κ3) is 7.07. The van der Waals surface area contributed by atoms with Crippen LogP contribution in [0.1, 0.15) is 44.2 Å². The number of aromatic nitrogens is 2. The lowest BCUT2D eigenvalue weighted by molar-refractivity contribution is 0.592. The topological polar surface area (TPSA) is 17.8 Å². The molecule has 1 saturated carbocycles. The lowest BCUT2D eigenvalue weighted by atomic mass is 9.37. The minimum atomic E-state index is -0.553. The Morgan fingerprint density at radius 1 is 0.805 bits per heavy atom. The fourth-order valence-electron chi connectivity index (χ4n) is 5.95. The monoisotopic (exact) mass is 552 g/mol. The zero-order valence-corrected chi connectivity index (χ0v) is 25.9. The third-order valence-corrected chi connectivity index (χ3v) is 10.9. The average molecular weight is 553 g/mol. The number of benzene rings is 4. The molecular formula is C37H41BN2Si. The molecule has 0 N–H and O–H groups in total. The molecule has 6 rings (SSSR count). The molecule has 0 bridgehead atoms. The van der Waals surface area contributed by atoms with Crippen molar-refractivity contribution in [2.45, 2.75) is 50.1 Å². The lowest BCUT2D eigenvalue weighted by Crippen LogP contribution is -2.42. The van der Waals surface area contributed by atoms with Gasteiger partial charge in [-0.1, -0.05) is 169 Å². The van der Waals surface area contributed by atoms with Crippen molar-refractivity contribution in [1.82, 2.24) is 9.55 Å². The Kier molecular flexibility index (Phi) is 9.88. The molecule has 5 aromatic rings. The van der Waals surface area contributed by atoms with E-state index in [0.717, 1.165) is 12.2 Å². The molecule has 1 fully saturated rings. The Bertz CT molecular complexity index is 1390. The number of imidazole rings is 1. The standard InChI is InChI=1S/C22H26N2Si.C15H15B/c1-3-19(2)14-17-25-22(24-16-15-23-18-24,20-10-6-4-7-11-20)21-12-8-5-9-13-21;1-3-7-13(8-4-1)16(15-11-12-15)14-9-5-2-6-10-14/h4-16,18H,3,17,25H2,1-2H3;1-10,15H,11-12H2. The molecule has 0 saturated heterocycles. The molecular weight excluding hydrogens is 511 g/mol. The second kappa shape index (κ2) is 14.1. The zero-order chi connectivity index (χ0) is 28.3. The van der Waals surface area contributed by atoms with Crippen LogP contribution in [0.25, 0.3) is 0 Å². The summed E-state index contributed by atoms with van der Waals surface area (Å²) in [6.45, 7) is 5.07.